The standard InChI is InChI=1S/C13H20N4O2/c1-9-7-11(10(2)18-9)13-16-15-12(19-13)8-17(3)6-4-5-14/h7H,4-6,8,14H2,1-3H3. The first-order valence-corrected chi connectivity index (χ1v) is 6.38. The molecule has 2 aromatic rings. The van der Waals surface area contributed by atoms with Crippen LogP contribution in [0.25, 0.3) is 11.5 Å². The second kappa shape index (κ2) is 5.99. The lowest BCUT2D eigenvalue weighted by molar-refractivity contribution is 0.288. The molecule has 2 heterocycles. The van der Waals surface area contributed by atoms with Gasteiger partial charge in [-0.2, -0.15) is 0 Å². The lowest BCUT2D eigenvalue weighted by atomic mass is 10.2. The van der Waals surface area contributed by atoms with Crippen molar-refractivity contribution in [3.8, 4) is 11.5 Å². The van der Waals surface area contributed by atoms with E-state index in [-0.39, 0.29) is 0 Å². The summed E-state index contributed by atoms with van der Waals surface area (Å²) in [5, 5.41) is 8.13. The summed E-state index contributed by atoms with van der Waals surface area (Å²) >= 11 is 0. The molecule has 0 atom stereocenters. The summed E-state index contributed by atoms with van der Waals surface area (Å²) in [5.74, 6) is 2.75. The van der Waals surface area contributed by atoms with Gasteiger partial charge in [0.25, 0.3) is 5.89 Å². The van der Waals surface area contributed by atoms with Crippen LogP contribution in [-0.4, -0.2) is 35.2 Å². The molecule has 0 radical (unpaired) electrons. The molecule has 2 rings (SSSR count). The third kappa shape index (κ3) is 3.42. The maximum atomic E-state index is 5.66. The van der Waals surface area contributed by atoms with E-state index in [9.17, 15) is 0 Å². The Balaban J connectivity index is 2.05. The van der Waals surface area contributed by atoms with E-state index in [2.05, 4.69) is 15.1 Å². The molecular formula is C13H20N4O2. The molecule has 0 unspecified atom stereocenters. The largest absolute Gasteiger partial charge is 0.466 e. The number of hydrogen-bond acceptors (Lipinski definition) is 6. The highest BCUT2D eigenvalue weighted by Crippen LogP contribution is 2.25. The first kappa shape index (κ1) is 13.8. The van der Waals surface area contributed by atoms with E-state index >= 15 is 0 Å². The van der Waals surface area contributed by atoms with Crippen LogP contribution in [0.15, 0.2) is 14.9 Å². The summed E-state index contributed by atoms with van der Waals surface area (Å²) in [7, 11) is 2.01. The quantitative estimate of drug-likeness (QED) is 0.855. The summed E-state index contributed by atoms with van der Waals surface area (Å²) in [6.07, 6.45) is 0.956. The van der Waals surface area contributed by atoms with Crippen molar-refractivity contribution >= 4 is 0 Å². The van der Waals surface area contributed by atoms with Gasteiger partial charge in [-0.25, -0.2) is 0 Å². The van der Waals surface area contributed by atoms with E-state index in [0.29, 0.717) is 24.9 Å². The topological polar surface area (TPSA) is 81.3 Å². The van der Waals surface area contributed by atoms with Gasteiger partial charge >= 0.3 is 0 Å². The van der Waals surface area contributed by atoms with E-state index in [4.69, 9.17) is 14.6 Å². The summed E-state index contributed by atoms with van der Waals surface area (Å²) in [4.78, 5) is 2.11. The zero-order valence-corrected chi connectivity index (χ0v) is 11.6. The molecule has 19 heavy (non-hydrogen) atoms. The lowest BCUT2D eigenvalue weighted by Gasteiger charge is -2.12. The Morgan fingerprint density at radius 1 is 1.26 bits per heavy atom. The number of nitrogens with two attached hydrogens (primary N) is 1. The third-order valence-electron chi connectivity index (χ3n) is 2.89. The Morgan fingerprint density at radius 3 is 2.68 bits per heavy atom. The lowest BCUT2D eigenvalue weighted by Crippen LogP contribution is -2.21. The first-order chi connectivity index (χ1) is 9.10. The summed E-state index contributed by atoms with van der Waals surface area (Å²) in [6, 6.07) is 1.91. The number of hydrogen-bond donors (Lipinski definition) is 1. The van der Waals surface area contributed by atoms with Crippen molar-refractivity contribution in [1.29, 1.82) is 0 Å². The average Bonchev–Trinajstić information content (AvgIpc) is 2.93. The van der Waals surface area contributed by atoms with Gasteiger partial charge in [-0.05, 0) is 46.5 Å². The molecule has 2 aromatic heterocycles. The van der Waals surface area contributed by atoms with Crippen molar-refractivity contribution in [3.05, 3.63) is 23.5 Å². The maximum Gasteiger partial charge on any atom is 0.251 e. The molecule has 2 N–H and O–H groups in total. The SMILES string of the molecule is Cc1cc(-c2nnc(CN(C)CCCN)o2)c(C)o1. The highest BCUT2D eigenvalue weighted by molar-refractivity contribution is 5.55. The van der Waals surface area contributed by atoms with Crippen molar-refractivity contribution in [1.82, 2.24) is 15.1 Å². The van der Waals surface area contributed by atoms with E-state index in [1.54, 1.807) is 0 Å². The Kier molecular flexibility index (Phi) is 4.34. The number of rotatable bonds is 6. The van der Waals surface area contributed by atoms with E-state index in [0.717, 1.165) is 30.0 Å². The van der Waals surface area contributed by atoms with Gasteiger partial charge in [0.15, 0.2) is 0 Å². The molecule has 0 saturated carbocycles. The summed E-state index contributed by atoms with van der Waals surface area (Å²) in [6.45, 7) is 6.02. The van der Waals surface area contributed by atoms with Gasteiger partial charge in [-0.15, -0.1) is 10.2 Å². The number of aromatic nitrogens is 2. The van der Waals surface area contributed by atoms with Crippen LogP contribution in [0.2, 0.25) is 0 Å². The van der Waals surface area contributed by atoms with Crippen LogP contribution in [0.3, 0.4) is 0 Å². The molecule has 0 aliphatic rings. The molecular weight excluding hydrogens is 244 g/mol. The maximum absolute atomic E-state index is 5.66. The van der Waals surface area contributed by atoms with Crippen molar-refractivity contribution in [3.63, 3.8) is 0 Å². The Hall–Kier alpha value is -1.66. The number of nitrogens with zero attached hydrogens (tertiary/aromatic N) is 3. The third-order valence-corrected chi connectivity index (χ3v) is 2.89. The van der Waals surface area contributed by atoms with Gasteiger partial charge in [0.2, 0.25) is 5.89 Å². The minimum Gasteiger partial charge on any atom is -0.466 e. The van der Waals surface area contributed by atoms with E-state index < -0.39 is 0 Å². The van der Waals surface area contributed by atoms with Gasteiger partial charge in [0.1, 0.15) is 11.5 Å². The smallest absolute Gasteiger partial charge is 0.251 e. The molecule has 0 fully saturated rings. The molecule has 0 spiro atoms. The van der Waals surface area contributed by atoms with Gasteiger partial charge in [-0.3, -0.25) is 4.90 Å². The van der Waals surface area contributed by atoms with Gasteiger partial charge in [0.05, 0.1) is 12.1 Å². The number of aryl methyl sites for hydroxylation is 2. The normalized spacial score (nSPS) is 11.4. The minimum atomic E-state index is 0.511. The monoisotopic (exact) mass is 264 g/mol. The Morgan fingerprint density at radius 2 is 2.05 bits per heavy atom. The fourth-order valence-electron chi connectivity index (χ4n) is 1.94. The van der Waals surface area contributed by atoms with Crippen LogP contribution in [0, 0.1) is 13.8 Å². The second-order valence-electron chi connectivity index (χ2n) is 4.71. The first-order valence-electron chi connectivity index (χ1n) is 6.38. The van der Waals surface area contributed by atoms with Crippen molar-refractivity contribution in [2.24, 2.45) is 5.73 Å². The predicted octanol–water partition coefficient (Wildman–Crippen LogP) is 1.73. The summed E-state index contributed by atoms with van der Waals surface area (Å²) < 4.78 is 11.1. The highest BCUT2D eigenvalue weighted by Gasteiger charge is 2.15. The molecule has 6 heteroatoms. The molecule has 6 nitrogen and oxygen atoms in total. The van der Waals surface area contributed by atoms with Gasteiger partial charge in [-0.1, -0.05) is 0 Å². The zero-order chi connectivity index (χ0) is 13.8. The van der Waals surface area contributed by atoms with E-state index in [1.807, 2.05) is 27.0 Å². The Bertz CT molecular complexity index is 532. The van der Waals surface area contributed by atoms with Gasteiger partial charge in [0, 0.05) is 0 Å². The van der Waals surface area contributed by atoms with Gasteiger partial charge < -0.3 is 14.6 Å². The fraction of sp³-hybridized carbons (Fsp3) is 0.538. The molecule has 104 valence electrons. The molecule has 0 amide bonds. The van der Waals surface area contributed by atoms with Crippen molar-refractivity contribution in [2.75, 3.05) is 20.1 Å². The van der Waals surface area contributed by atoms with Crippen LogP contribution < -0.4 is 5.73 Å². The number of furan rings is 1. The minimum absolute atomic E-state index is 0.511. The van der Waals surface area contributed by atoms with Crippen LogP contribution in [0.4, 0.5) is 0 Å². The summed E-state index contributed by atoms with van der Waals surface area (Å²) in [5.41, 5.74) is 6.34. The van der Waals surface area contributed by atoms with Crippen LogP contribution >= 0.6 is 0 Å². The van der Waals surface area contributed by atoms with Crippen LogP contribution in [-0.2, 0) is 6.54 Å². The molecule has 0 aliphatic carbocycles. The second-order valence-corrected chi connectivity index (χ2v) is 4.71. The van der Waals surface area contributed by atoms with Crippen molar-refractivity contribution in [2.45, 2.75) is 26.8 Å². The molecule has 0 aliphatic heterocycles. The van der Waals surface area contributed by atoms with E-state index in [1.165, 1.54) is 0 Å². The average molecular weight is 264 g/mol. The predicted molar refractivity (Wildman–Crippen MR) is 71.5 cm³/mol. The molecule has 0 bridgehead atoms. The van der Waals surface area contributed by atoms with Crippen molar-refractivity contribution < 1.29 is 8.83 Å². The van der Waals surface area contributed by atoms with Crippen LogP contribution in [0.5, 0.6) is 0 Å². The Labute approximate surface area is 112 Å². The van der Waals surface area contributed by atoms with Crippen LogP contribution in [0.1, 0.15) is 23.8 Å². The molecule has 0 saturated heterocycles. The molecule has 0 aromatic carbocycles. The fourth-order valence-corrected chi connectivity index (χ4v) is 1.94. The highest BCUT2D eigenvalue weighted by atomic mass is 16.4. The zero-order valence-electron chi connectivity index (χ0n) is 11.6.